The Labute approximate surface area is 250 Å². The van der Waals surface area contributed by atoms with Crippen molar-refractivity contribution in [3.63, 3.8) is 0 Å². The monoisotopic (exact) mass is 601 g/mol. The molecule has 0 aromatic carbocycles. The van der Waals surface area contributed by atoms with Crippen LogP contribution in [0.1, 0.15) is 65.7 Å². The molecule has 7 rings (SSSR count). The molecule has 8 nitrogen and oxygen atoms in total. The summed E-state index contributed by atoms with van der Waals surface area (Å²) in [6, 6.07) is 0. The number of ketones is 1. The maximum Gasteiger partial charge on any atom is 0.509 e. The van der Waals surface area contributed by atoms with Gasteiger partial charge in [-0.2, -0.15) is 0 Å². The Morgan fingerprint density at radius 1 is 1.16 bits per heavy atom. The van der Waals surface area contributed by atoms with Crippen molar-refractivity contribution in [2.75, 3.05) is 13.7 Å². The highest BCUT2D eigenvalue weighted by atomic mass is 19.1. The number of nitrogens with zero attached hydrogens (tertiary/aromatic N) is 1. The number of aliphatic hydroxyl groups excluding tert-OH is 1. The number of alkyl halides is 2. The zero-order chi connectivity index (χ0) is 30.7. The fraction of sp³-hybridized carbons (Fsp3) is 0.758. The van der Waals surface area contributed by atoms with E-state index in [1.165, 1.54) is 38.8 Å². The van der Waals surface area contributed by atoms with Crippen molar-refractivity contribution in [3.05, 3.63) is 23.8 Å². The third-order valence-corrected chi connectivity index (χ3v) is 13.3. The minimum atomic E-state index is -2.32. The summed E-state index contributed by atoms with van der Waals surface area (Å²) in [4.78, 5) is 43.7. The molecule has 234 valence electrons. The predicted molar refractivity (Wildman–Crippen MR) is 151 cm³/mol. The van der Waals surface area contributed by atoms with Crippen molar-refractivity contribution in [2.24, 2.45) is 50.8 Å². The highest BCUT2D eigenvalue weighted by Gasteiger charge is 2.79. The summed E-state index contributed by atoms with van der Waals surface area (Å²) in [6.45, 7) is 4.85. The summed E-state index contributed by atoms with van der Waals surface area (Å²) in [5, 5.41) is 11.7. The molecule has 6 saturated carbocycles. The van der Waals surface area contributed by atoms with Crippen LogP contribution >= 0.6 is 0 Å². The lowest BCUT2D eigenvalue weighted by Gasteiger charge is -2.62. The van der Waals surface area contributed by atoms with E-state index in [2.05, 4.69) is 4.99 Å². The van der Waals surface area contributed by atoms with Crippen LogP contribution in [-0.4, -0.2) is 72.5 Å². The number of ether oxygens (including phenoxy) is 3. The number of aliphatic imine (C=N–C) groups is 1. The van der Waals surface area contributed by atoms with E-state index < -0.39 is 70.0 Å². The molecule has 6 fully saturated rings. The molecule has 43 heavy (non-hydrogen) atoms. The van der Waals surface area contributed by atoms with Crippen molar-refractivity contribution < 1.29 is 42.5 Å². The van der Waals surface area contributed by atoms with Gasteiger partial charge in [0.05, 0.1) is 6.10 Å². The molecule has 10 heteroatoms. The second kappa shape index (κ2) is 9.21. The number of esters is 1. The van der Waals surface area contributed by atoms with Gasteiger partial charge in [0.15, 0.2) is 11.5 Å². The third-order valence-electron chi connectivity index (χ3n) is 13.3. The summed E-state index contributed by atoms with van der Waals surface area (Å²) in [5.74, 6) is -2.66. The molecule has 7 aliphatic carbocycles. The minimum Gasteiger partial charge on any atom is -0.457 e. The number of carbonyl (C=O) groups excluding carboxylic acids is 3. The van der Waals surface area contributed by atoms with Crippen LogP contribution in [0.2, 0.25) is 0 Å². The Bertz CT molecular complexity index is 1360. The first-order valence-corrected chi connectivity index (χ1v) is 15.7. The SMILES string of the molecule is CN=CCOC(=O)C1(OC(=O)O[C@@H]2C[C@@H]3CC34CC[C@@H]24)[C@H](C)C[C@H]2[C@@H]3C[C@H](F)C4=CC(=O)C=C[C@]4(C)[C@@]3(F)[C@@H](O)C[C@@]21C. The van der Waals surface area contributed by atoms with E-state index in [9.17, 15) is 19.5 Å². The lowest BCUT2D eigenvalue weighted by Crippen LogP contribution is -2.71. The summed E-state index contributed by atoms with van der Waals surface area (Å²) in [6.07, 6.45) is 4.52. The molecule has 13 atom stereocenters. The molecule has 0 amide bonds. The second-order valence-corrected chi connectivity index (χ2v) is 14.8. The van der Waals surface area contributed by atoms with Crippen LogP contribution in [0.3, 0.4) is 0 Å². The van der Waals surface area contributed by atoms with Gasteiger partial charge in [-0.3, -0.25) is 9.79 Å². The molecule has 0 radical (unpaired) electrons. The van der Waals surface area contributed by atoms with Gasteiger partial charge in [-0.05, 0) is 86.8 Å². The Morgan fingerprint density at radius 2 is 1.93 bits per heavy atom. The average molecular weight is 602 g/mol. The van der Waals surface area contributed by atoms with Gasteiger partial charge in [-0.15, -0.1) is 0 Å². The van der Waals surface area contributed by atoms with Gasteiger partial charge in [0.1, 0.15) is 18.9 Å². The number of aliphatic hydroxyl groups is 1. The van der Waals surface area contributed by atoms with Crippen LogP contribution < -0.4 is 0 Å². The number of allylic oxidation sites excluding steroid dienone is 4. The highest BCUT2D eigenvalue weighted by Crippen LogP contribution is 2.76. The van der Waals surface area contributed by atoms with Gasteiger partial charge in [-0.1, -0.05) is 19.9 Å². The van der Waals surface area contributed by atoms with Crippen LogP contribution in [0.15, 0.2) is 28.8 Å². The Hall–Kier alpha value is -2.62. The van der Waals surface area contributed by atoms with Gasteiger partial charge in [0.2, 0.25) is 5.60 Å². The topological polar surface area (TPSA) is 111 Å². The zero-order valence-electron chi connectivity index (χ0n) is 25.2. The quantitative estimate of drug-likeness (QED) is 0.353. The van der Waals surface area contributed by atoms with Crippen LogP contribution in [0.5, 0.6) is 0 Å². The molecule has 0 saturated heterocycles. The first-order valence-electron chi connectivity index (χ1n) is 15.7. The third kappa shape index (κ3) is 3.50. The standard InChI is InChI=1S/C33H41F2NO7/c1-17-11-21-22-14-24(34)23-13-19(37)5-7-29(23,2)32(22,35)26(38)16-30(21,3)33(17,27(39)41-10-9-36-4)43-28(40)42-25-12-18-15-31(18)8-6-20(25)31/h5,7,9,13,17-18,20-22,24-26,38H,6,8,10-12,14-16H2,1-4H3/t17-,18-,20+,21+,22+,24+,25-,26+,29+,30+,31?,32+,33?/m1/s1. The fourth-order valence-electron chi connectivity index (χ4n) is 11.1. The number of hydrogen-bond acceptors (Lipinski definition) is 8. The van der Waals surface area contributed by atoms with Gasteiger partial charge in [-0.25, -0.2) is 18.4 Å². The molecular weight excluding hydrogens is 560 g/mol. The van der Waals surface area contributed by atoms with E-state index in [0.29, 0.717) is 17.3 Å². The number of rotatable bonds is 5. The smallest absolute Gasteiger partial charge is 0.457 e. The lowest BCUT2D eigenvalue weighted by atomic mass is 9.44. The van der Waals surface area contributed by atoms with E-state index in [-0.39, 0.29) is 37.5 Å². The van der Waals surface area contributed by atoms with E-state index in [4.69, 9.17) is 14.2 Å². The molecule has 0 aromatic heterocycles. The van der Waals surface area contributed by atoms with Crippen molar-refractivity contribution in [3.8, 4) is 0 Å². The molecule has 0 heterocycles. The molecule has 0 aliphatic heterocycles. The van der Waals surface area contributed by atoms with Crippen LogP contribution in [0.4, 0.5) is 13.6 Å². The molecule has 1 N–H and O–H groups in total. The summed E-state index contributed by atoms with van der Waals surface area (Å²) in [7, 11) is 1.54. The number of carbonyl (C=O) groups is 3. The second-order valence-electron chi connectivity index (χ2n) is 14.8. The normalized spacial score (nSPS) is 52.2. The predicted octanol–water partition coefficient (Wildman–Crippen LogP) is 4.88. The summed E-state index contributed by atoms with van der Waals surface area (Å²) >= 11 is 0. The van der Waals surface area contributed by atoms with Gasteiger partial charge in [0, 0.05) is 41.8 Å². The molecule has 2 unspecified atom stereocenters. The Balaban J connectivity index is 1.25. The first-order chi connectivity index (χ1) is 20.3. The van der Waals surface area contributed by atoms with E-state index in [1.807, 2.05) is 0 Å². The van der Waals surface area contributed by atoms with E-state index in [0.717, 1.165) is 25.3 Å². The van der Waals surface area contributed by atoms with Crippen LogP contribution in [0, 0.1) is 45.8 Å². The van der Waals surface area contributed by atoms with Gasteiger partial charge in [0.25, 0.3) is 0 Å². The first kappa shape index (κ1) is 29.1. The lowest BCUT2D eigenvalue weighted by molar-refractivity contribution is -0.234. The average Bonchev–Trinajstić information content (AvgIpc) is 3.58. The molecule has 0 bridgehead atoms. The summed E-state index contributed by atoms with van der Waals surface area (Å²) < 4.78 is 51.2. The van der Waals surface area contributed by atoms with E-state index in [1.54, 1.807) is 13.8 Å². The fourth-order valence-corrected chi connectivity index (χ4v) is 11.1. The maximum absolute atomic E-state index is 17.6. The Kier molecular flexibility index (Phi) is 6.23. The zero-order valence-corrected chi connectivity index (χ0v) is 25.2. The van der Waals surface area contributed by atoms with Crippen LogP contribution in [-0.2, 0) is 23.8 Å². The van der Waals surface area contributed by atoms with E-state index >= 15 is 8.78 Å². The minimum absolute atomic E-state index is 0.0279. The molecular formula is C33H41F2NO7. The number of fused-ring (bicyclic) bond motifs is 5. The van der Waals surface area contributed by atoms with Crippen LogP contribution in [0.25, 0.3) is 0 Å². The van der Waals surface area contributed by atoms with Crippen molar-refractivity contribution in [1.29, 1.82) is 0 Å². The summed E-state index contributed by atoms with van der Waals surface area (Å²) in [5.41, 5.74) is -6.74. The van der Waals surface area contributed by atoms with Crippen molar-refractivity contribution in [2.45, 2.75) is 95.4 Å². The Morgan fingerprint density at radius 3 is 2.60 bits per heavy atom. The highest BCUT2D eigenvalue weighted by molar-refractivity contribution is 6.01. The van der Waals surface area contributed by atoms with Gasteiger partial charge >= 0.3 is 12.1 Å². The van der Waals surface area contributed by atoms with Gasteiger partial charge < -0.3 is 19.3 Å². The molecule has 0 aromatic rings. The number of halogens is 2. The van der Waals surface area contributed by atoms with Crippen molar-refractivity contribution in [1.82, 2.24) is 0 Å². The number of hydrogen-bond donors (Lipinski definition) is 1. The maximum atomic E-state index is 17.6. The largest absolute Gasteiger partial charge is 0.509 e. The molecule has 7 aliphatic rings. The molecule has 1 spiro atoms. The van der Waals surface area contributed by atoms with Crippen molar-refractivity contribution >= 4 is 24.1 Å².